The molecule has 2 heterocycles. The number of anilines is 1. The molecule has 188 valence electrons. The molecule has 2 aliphatic carbocycles. The normalized spacial score (nSPS) is 23.2. The Kier molecular flexibility index (Phi) is 5.88. The van der Waals surface area contributed by atoms with Gasteiger partial charge in [0.1, 0.15) is 18.3 Å². The van der Waals surface area contributed by atoms with Crippen LogP contribution in [0.1, 0.15) is 77.8 Å². The Morgan fingerprint density at radius 2 is 2.06 bits per heavy atom. The predicted octanol–water partition coefficient (Wildman–Crippen LogP) is 5.54. The molecule has 2 aromatic carbocycles. The second kappa shape index (κ2) is 8.96. The minimum atomic E-state index is -0.763. The van der Waals surface area contributed by atoms with Crippen molar-refractivity contribution in [1.82, 2.24) is 20.1 Å². The van der Waals surface area contributed by atoms with Crippen LogP contribution in [-0.2, 0) is 20.1 Å². The summed E-state index contributed by atoms with van der Waals surface area (Å²) >= 11 is 6.68. The van der Waals surface area contributed by atoms with Gasteiger partial charge >= 0.3 is 0 Å². The van der Waals surface area contributed by atoms with Crippen molar-refractivity contribution in [3.8, 4) is 0 Å². The first-order chi connectivity index (χ1) is 17.3. The summed E-state index contributed by atoms with van der Waals surface area (Å²) in [5, 5.41) is 12.7. The van der Waals surface area contributed by atoms with Gasteiger partial charge in [0, 0.05) is 46.9 Å². The Bertz CT molecular complexity index is 1310. The highest BCUT2D eigenvalue weighted by Crippen LogP contribution is 2.45. The number of carbonyl (C=O) groups is 1. The van der Waals surface area contributed by atoms with Crippen LogP contribution in [0.5, 0.6) is 0 Å². The number of hydrogen-bond acceptors (Lipinski definition) is 4. The van der Waals surface area contributed by atoms with Gasteiger partial charge in [-0.15, -0.1) is 10.2 Å². The number of halogens is 2. The van der Waals surface area contributed by atoms with Crippen molar-refractivity contribution < 1.29 is 9.18 Å². The van der Waals surface area contributed by atoms with Gasteiger partial charge in [-0.05, 0) is 80.3 Å². The summed E-state index contributed by atoms with van der Waals surface area (Å²) < 4.78 is 15.7. The van der Waals surface area contributed by atoms with Gasteiger partial charge in [-0.1, -0.05) is 23.7 Å². The highest BCUT2D eigenvalue weighted by atomic mass is 35.5. The number of fused-ring (bicyclic) bond motifs is 1. The van der Waals surface area contributed by atoms with Crippen molar-refractivity contribution in [2.24, 2.45) is 13.0 Å². The standard InChI is InChI=1S/C28H31ClFN5O/c1-28(7-4-8-28)31-14-17-9-22-23(24(29)10-17)15-35(27(22)36)21-6-3-5-18(13-21)25(19-11-20(30)12-19)26-33-32-16-34(26)2/h3,5-6,9-10,13,16,19-20,25,31H,4,7-8,11-12,14-15H2,1-2H3/t19?,20?,25-/m1/s1. The fourth-order valence-electron chi connectivity index (χ4n) is 5.88. The molecule has 3 aliphatic rings. The molecule has 1 atom stereocenters. The predicted molar refractivity (Wildman–Crippen MR) is 138 cm³/mol. The molecule has 0 bridgehead atoms. The summed E-state index contributed by atoms with van der Waals surface area (Å²) in [6, 6.07) is 12.0. The number of aromatic nitrogens is 3. The van der Waals surface area contributed by atoms with Gasteiger partial charge in [0.2, 0.25) is 0 Å². The maximum atomic E-state index is 13.8. The number of alkyl halides is 1. The zero-order valence-corrected chi connectivity index (χ0v) is 21.4. The molecule has 2 fully saturated rings. The second-order valence-electron chi connectivity index (χ2n) is 11.0. The molecule has 0 radical (unpaired) electrons. The number of rotatable bonds is 7. The van der Waals surface area contributed by atoms with E-state index in [-0.39, 0.29) is 23.3 Å². The molecular formula is C28H31ClFN5O. The average Bonchev–Trinajstić information content (AvgIpc) is 3.39. The maximum Gasteiger partial charge on any atom is 0.258 e. The maximum absolute atomic E-state index is 13.8. The fraction of sp³-hybridized carbons (Fsp3) is 0.464. The average molecular weight is 508 g/mol. The van der Waals surface area contributed by atoms with Crippen molar-refractivity contribution in [3.05, 3.63) is 75.8 Å². The van der Waals surface area contributed by atoms with Gasteiger partial charge in [0.15, 0.2) is 0 Å². The van der Waals surface area contributed by atoms with E-state index in [0.717, 1.165) is 28.2 Å². The minimum absolute atomic E-state index is 0.0385. The van der Waals surface area contributed by atoms with Crippen LogP contribution in [0.15, 0.2) is 42.7 Å². The van der Waals surface area contributed by atoms with Gasteiger partial charge in [-0.3, -0.25) is 4.79 Å². The zero-order valence-electron chi connectivity index (χ0n) is 20.7. The molecule has 1 aromatic heterocycles. The number of amides is 1. The highest BCUT2D eigenvalue weighted by Gasteiger charge is 2.39. The van der Waals surface area contributed by atoms with Crippen LogP contribution in [0, 0.1) is 5.92 Å². The summed E-state index contributed by atoms with van der Waals surface area (Å²) in [4.78, 5) is 15.3. The molecule has 36 heavy (non-hydrogen) atoms. The second-order valence-corrected chi connectivity index (χ2v) is 11.4. The van der Waals surface area contributed by atoms with Crippen LogP contribution in [-0.4, -0.2) is 32.4 Å². The van der Waals surface area contributed by atoms with Crippen LogP contribution in [0.3, 0.4) is 0 Å². The summed E-state index contributed by atoms with van der Waals surface area (Å²) in [5.74, 6) is 0.870. The van der Waals surface area contributed by atoms with Crippen molar-refractivity contribution >= 4 is 23.2 Å². The third-order valence-corrected chi connectivity index (χ3v) is 8.71. The van der Waals surface area contributed by atoms with Crippen LogP contribution < -0.4 is 10.2 Å². The summed E-state index contributed by atoms with van der Waals surface area (Å²) in [5.41, 5.74) is 4.60. The molecule has 0 unspecified atom stereocenters. The number of aryl methyl sites for hydroxylation is 1. The van der Waals surface area contributed by atoms with E-state index < -0.39 is 6.17 Å². The van der Waals surface area contributed by atoms with Gasteiger partial charge in [0.25, 0.3) is 5.91 Å². The van der Waals surface area contributed by atoms with Gasteiger partial charge in [-0.2, -0.15) is 0 Å². The molecule has 1 N–H and O–H groups in total. The fourth-order valence-corrected chi connectivity index (χ4v) is 6.18. The SMILES string of the molecule is Cn1cnnc1[C@H](c1cccc(N2Cc3c(Cl)cc(CNC4(C)CCC4)cc3C2=O)c1)C1CC(F)C1. The Morgan fingerprint density at radius 1 is 1.25 bits per heavy atom. The minimum Gasteiger partial charge on any atom is -0.320 e. The third kappa shape index (κ3) is 4.12. The van der Waals surface area contributed by atoms with Gasteiger partial charge < -0.3 is 14.8 Å². The Balaban J connectivity index is 1.27. The lowest BCUT2D eigenvalue weighted by molar-refractivity contribution is 0.0996. The molecule has 6 nitrogen and oxygen atoms in total. The molecule has 0 spiro atoms. The Labute approximate surface area is 215 Å². The lowest BCUT2D eigenvalue weighted by atomic mass is 9.71. The van der Waals surface area contributed by atoms with Crippen molar-refractivity contribution in [2.75, 3.05) is 4.90 Å². The summed E-state index contributed by atoms with van der Waals surface area (Å²) in [6.07, 6.45) is 5.56. The molecule has 8 heteroatoms. The molecule has 1 aliphatic heterocycles. The van der Waals surface area contributed by atoms with E-state index >= 15 is 0 Å². The monoisotopic (exact) mass is 507 g/mol. The topological polar surface area (TPSA) is 63.1 Å². The third-order valence-electron chi connectivity index (χ3n) is 8.38. The molecular weight excluding hydrogens is 477 g/mol. The van der Waals surface area contributed by atoms with Gasteiger partial charge in [-0.25, -0.2) is 4.39 Å². The summed E-state index contributed by atoms with van der Waals surface area (Å²) in [6.45, 7) is 3.38. The highest BCUT2D eigenvalue weighted by molar-refractivity contribution is 6.32. The molecule has 2 saturated carbocycles. The number of benzene rings is 2. The summed E-state index contributed by atoms with van der Waals surface area (Å²) in [7, 11) is 1.91. The number of carbonyl (C=O) groups excluding carboxylic acids is 1. The van der Waals surface area contributed by atoms with Crippen molar-refractivity contribution in [3.63, 3.8) is 0 Å². The first-order valence-corrected chi connectivity index (χ1v) is 13.2. The smallest absolute Gasteiger partial charge is 0.258 e. The van der Waals surface area contributed by atoms with Gasteiger partial charge in [0.05, 0.1) is 6.54 Å². The van der Waals surface area contributed by atoms with Crippen LogP contribution in [0.2, 0.25) is 5.02 Å². The quantitative estimate of drug-likeness (QED) is 0.456. The first kappa shape index (κ1) is 23.6. The number of nitrogens with one attached hydrogen (secondary N) is 1. The molecule has 6 rings (SSSR count). The Hall–Kier alpha value is -2.77. The van der Waals surface area contributed by atoms with Crippen LogP contribution in [0.4, 0.5) is 10.1 Å². The van der Waals surface area contributed by atoms with Crippen LogP contribution in [0.25, 0.3) is 0 Å². The van der Waals surface area contributed by atoms with E-state index in [1.807, 2.05) is 48.0 Å². The molecule has 1 amide bonds. The van der Waals surface area contributed by atoms with E-state index in [4.69, 9.17) is 11.6 Å². The van der Waals surface area contributed by atoms with Crippen molar-refractivity contribution in [1.29, 1.82) is 0 Å². The Morgan fingerprint density at radius 3 is 2.72 bits per heavy atom. The van der Waals surface area contributed by atoms with E-state index in [0.29, 0.717) is 36.5 Å². The largest absolute Gasteiger partial charge is 0.320 e. The van der Waals surface area contributed by atoms with E-state index in [1.165, 1.54) is 19.3 Å². The van der Waals surface area contributed by atoms with Crippen molar-refractivity contribution in [2.45, 2.75) is 69.7 Å². The van der Waals surface area contributed by atoms with E-state index in [1.54, 1.807) is 11.2 Å². The molecule has 3 aromatic rings. The van der Waals surface area contributed by atoms with E-state index in [2.05, 4.69) is 22.4 Å². The lowest BCUT2D eigenvalue weighted by Gasteiger charge is -2.39. The lowest BCUT2D eigenvalue weighted by Crippen LogP contribution is -2.47. The first-order valence-electron chi connectivity index (χ1n) is 12.8. The zero-order chi connectivity index (χ0) is 25.0. The number of hydrogen-bond donors (Lipinski definition) is 1. The molecule has 0 saturated heterocycles. The van der Waals surface area contributed by atoms with E-state index in [9.17, 15) is 9.18 Å². The number of nitrogens with zero attached hydrogens (tertiary/aromatic N) is 4. The van der Waals surface area contributed by atoms with Crippen LogP contribution >= 0.6 is 11.6 Å².